The third-order valence-corrected chi connectivity index (χ3v) is 9.99. The predicted octanol–water partition coefficient (Wildman–Crippen LogP) is 8.63. The average Bonchev–Trinajstić information content (AvgIpc) is 3.15. The summed E-state index contributed by atoms with van der Waals surface area (Å²) >= 11 is 7.11. The van der Waals surface area contributed by atoms with E-state index in [-0.39, 0.29) is 34.3 Å². The number of pyridine rings is 2. The number of carbonyl (C=O) groups excluding carboxylic acids is 2. The number of aldehydes is 1. The Morgan fingerprint density at radius 3 is 2.46 bits per heavy atom. The van der Waals surface area contributed by atoms with E-state index in [1.165, 1.54) is 19.4 Å². The SMILES string of the molecule is COC(=O)C1CCC(CN(C)Cc2ccc(-c3cccc(-c4cccc(Nc5nc(C(F)F)nc6cc(C=O)cnc56)c4C)c3Cl)nc2OC)CC1. The van der Waals surface area contributed by atoms with Crippen LogP contribution < -0.4 is 10.1 Å². The zero-order valence-electron chi connectivity index (χ0n) is 29.3. The molecule has 10 nitrogen and oxygen atoms in total. The van der Waals surface area contributed by atoms with Crippen LogP contribution in [0.5, 0.6) is 5.88 Å². The van der Waals surface area contributed by atoms with Crippen molar-refractivity contribution in [2.75, 3.05) is 33.1 Å². The lowest BCUT2D eigenvalue weighted by atomic mass is 9.82. The van der Waals surface area contributed by atoms with Crippen molar-refractivity contribution >= 4 is 46.4 Å². The second-order valence-corrected chi connectivity index (χ2v) is 13.4. The fourth-order valence-electron chi connectivity index (χ4n) is 6.89. The minimum Gasteiger partial charge on any atom is -0.481 e. The Hall–Kier alpha value is -5.07. The molecule has 6 rings (SSSR count). The Morgan fingerprint density at radius 2 is 1.75 bits per heavy atom. The largest absolute Gasteiger partial charge is 0.481 e. The highest BCUT2D eigenvalue weighted by atomic mass is 35.5. The molecule has 0 radical (unpaired) electrons. The molecule has 1 aliphatic carbocycles. The first-order chi connectivity index (χ1) is 25.1. The lowest BCUT2D eigenvalue weighted by molar-refractivity contribution is -0.146. The number of benzene rings is 2. The fourth-order valence-corrected chi connectivity index (χ4v) is 7.21. The fraction of sp³-hybridized carbons (Fsp3) is 0.333. The number of fused-ring (bicyclic) bond motifs is 1. The van der Waals surface area contributed by atoms with Crippen LogP contribution in [-0.4, -0.2) is 64.9 Å². The third kappa shape index (κ3) is 7.88. The number of aromatic nitrogens is 4. The summed E-state index contributed by atoms with van der Waals surface area (Å²) in [5, 5.41) is 3.65. The Balaban J connectivity index is 1.23. The van der Waals surface area contributed by atoms with E-state index in [1.807, 2.05) is 55.5 Å². The molecule has 0 bridgehead atoms. The van der Waals surface area contributed by atoms with Gasteiger partial charge in [-0.3, -0.25) is 9.59 Å². The molecular formula is C39H39ClF2N6O4. The summed E-state index contributed by atoms with van der Waals surface area (Å²) < 4.78 is 38.2. The van der Waals surface area contributed by atoms with Gasteiger partial charge in [0.25, 0.3) is 6.43 Å². The number of nitrogens with one attached hydrogen (secondary N) is 1. The number of esters is 1. The Labute approximate surface area is 305 Å². The quantitative estimate of drug-likeness (QED) is 0.0988. The first kappa shape index (κ1) is 36.7. The number of halogens is 3. The topological polar surface area (TPSA) is 119 Å². The summed E-state index contributed by atoms with van der Waals surface area (Å²) in [6.07, 6.45) is 2.69. The molecule has 3 aromatic heterocycles. The van der Waals surface area contributed by atoms with Crippen molar-refractivity contribution in [2.45, 2.75) is 45.6 Å². The molecule has 2 aromatic carbocycles. The van der Waals surface area contributed by atoms with Crippen LogP contribution in [0.1, 0.15) is 59.4 Å². The van der Waals surface area contributed by atoms with Crippen molar-refractivity contribution in [3.63, 3.8) is 0 Å². The van der Waals surface area contributed by atoms with Crippen LogP contribution in [0, 0.1) is 18.8 Å². The minimum absolute atomic E-state index is 0.00383. The molecule has 0 spiro atoms. The van der Waals surface area contributed by atoms with Gasteiger partial charge in [-0.1, -0.05) is 48.0 Å². The highest BCUT2D eigenvalue weighted by Gasteiger charge is 2.28. The van der Waals surface area contributed by atoms with Gasteiger partial charge in [-0.15, -0.1) is 0 Å². The van der Waals surface area contributed by atoms with E-state index in [4.69, 9.17) is 26.1 Å². The molecule has 0 amide bonds. The normalized spacial score (nSPS) is 15.9. The number of methoxy groups -OCH3 is 2. The van der Waals surface area contributed by atoms with Crippen molar-refractivity contribution in [1.82, 2.24) is 24.8 Å². The maximum atomic E-state index is 13.8. The van der Waals surface area contributed by atoms with Gasteiger partial charge in [0.1, 0.15) is 5.52 Å². The molecule has 5 aromatic rings. The number of carbonyl (C=O) groups is 2. The molecule has 1 N–H and O–H groups in total. The van der Waals surface area contributed by atoms with Gasteiger partial charge in [-0.05, 0) is 74.9 Å². The molecule has 0 saturated heterocycles. The second kappa shape index (κ2) is 16.1. The summed E-state index contributed by atoms with van der Waals surface area (Å²) in [4.78, 5) is 42.6. The van der Waals surface area contributed by atoms with Crippen LogP contribution >= 0.6 is 11.6 Å². The summed E-state index contributed by atoms with van der Waals surface area (Å²) in [5.74, 6) is 0.325. The van der Waals surface area contributed by atoms with E-state index >= 15 is 0 Å². The zero-order chi connectivity index (χ0) is 36.9. The number of alkyl halides is 2. The van der Waals surface area contributed by atoms with Gasteiger partial charge in [0.05, 0.1) is 36.4 Å². The lowest BCUT2D eigenvalue weighted by Crippen LogP contribution is -2.30. The van der Waals surface area contributed by atoms with Gasteiger partial charge in [-0.2, -0.15) is 0 Å². The van der Waals surface area contributed by atoms with E-state index in [2.05, 4.69) is 32.2 Å². The number of hydrogen-bond acceptors (Lipinski definition) is 10. The van der Waals surface area contributed by atoms with Crippen molar-refractivity contribution in [3.8, 4) is 28.3 Å². The maximum absolute atomic E-state index is 13.8. The molecule has 1 fully saturated rings. The van der Waals surface area contributed by atoms with Gasteiger partial charge in [0.2, 0.25) is 5.88 Å². The van der Waals surface area contributed by atoms with Crippen LogP contribution in [0.3, 0.4) is 0 Å². The number of ether oxygens (including phenoxy) is 2. The van der Waals surface area contributed by atoms with Crippen LogP contribution in [-0.2, 0) is 16.1 Å². The first-order valence-corrected chi connectivity index (χ1v) is 17.3. The van der Waals surface area contributed by atoms with Gasteiger partial charge in [0, 0.05) is 47.2 Å². The van der Waals surface area contributed by atoms with E-state index < -0.39 is 12.2 Å². The van der Waals surface area contributed by atoms with Gasteiger partial charge in [-0.25, -0.2) is 28.7 Å². The number of anilines is 2. The van der Waals surface area contributed by atoms with Crippen LogP contribution in [0.15, 0.2) is 60.8 Å². The standard InChI is InChI=1S/C39H39ClF2N6O4/c1-22-27(7-6-10-30(22)44-36-34-32(17-24(21-49)18-43-34)45-37(47-36)35(41)42)28-8-5-9-29(33(28)40)31-16-15-26(38(46-31)51-3)20-48(2)19-23-11-13-25(14-12-23)39(50)52-4/h5-10,15-18,21,23,25,35H,11-14,19-20H2,1-4H3,(H,44,45,47). The molecule has 3 heterocycles. The van der Waals surface area contributed by atoms with Crippen molar-refractivity contribution in [2.24, 2.45) is 11.8 Å². The van der Waals surface area contributed by atoms with Crippen LogP contribution in [0.4, 0.5) is 20.3 Å². The molecule has 13 heteroatoms. The third-order valence-electron chi connectivity index (χ3n) is 9.58. The van der Waals surface area contributed by atoms with Gasteiger partial charge in [0.15, 0.2) is 17.9 Å². The number of hydrogen-bond donors (Lipinski definition) is 1. The van der Waals surface area contributed by atoms with Crippen LogP contribution in [0.25, 0.3) is 33.4 Å². The van der Waals surface area contributed by atoms with Crippen molar-refractivity contribution < 1.29 is 27.8 Å². The van der Waals surface area contributed by atoms with E-state index in [0.29, 0.717) is 41.0 Å². The van der Waals surface area contributed by atoms with E-state index in [0.717, 1.165) is 60.0 Å². The molecule has 0 aliphatic heterocycles. The van der Waals surface area contributed by atoms with Gasteiger partial charge >= 0.3 is 5.97 Å². The number of rotatable bonds is 12. The minimum atomic E-state index is -2.92. The highest BCUT2D eigenvalue weighted by molar-refractivity contribution is 6.36. The Morgan fingerprint density at radius 1 is 1.02 bits per heavy atom. The number of nitrogens with zero attached hydrogens (tertiary/aromatic N) is 5. The Kier molecular flexibility index (Phi) is 11.4. The van der Waals surface area contributed by atoms with E-state index in [1.54, 1.807) is 7.11 Å². The predicted molar refractivity (Wildman–Crippen MR) is 196 cm³/mol. The average molecular weight is 729 g/mol. The molecular weight excluding hydrogens is 690 g/mol. The monoisotopic (exact) mass is 728 g/mol. The second-order valence-electron chi connectivity index (χ2n) is 13.1. The lowest BCUT2D eigenvalue weighted by Gasteiger charge is -2.30. The van der Waals surface area contributed by atoms with Crippen molar-refractivity contribution in [3.05, 3.63) is 88.3 Å². The van der Waals surface area contributed by atoms with Crippen LogP contribution in [0.2, 0.25) is 5.02 Å². The highest BCUT2D eigenvalue weighted by Crippen LogP contribution is 2.40. The summed E-state index contributed by atoms with van der Waals surface area (Å²) in [6.45, 7) is 3.44. The molecule has 1 aliphatic rings. The Bertz CT molecular complexity index is 2110. The van der Waals surface area contributed by atoms with E-state index in [9.17, 15) is 18.4 Å². The summed E-state index contributed by atoms with van der Waals surface area (Å²) in [5.41, 5.74) is 5.86. The van der Waals surface area contributed by atoms with Gasteiger partial charge < -0.3 is 19.7 Å². The summed E-state index contributed by atoms with van der Waals surface area (Å²) in [6, 6.07) is 16.6. The van der Waals surface area contributed by atoms with Crippen molar-refractivity contribution in [1.29, 1.82) is 0 Å². The molecule has 270 valence electrons. The molecule has 0 atom stereocenters. The first-order valence-electron chi connectivity index (χ1n) is 17.0. The molecule has 1 saturated carbocycles. The zero-order valence-corrected chi connectivity index (χ0v) is 30.1. The maximum Gasteiger partial charge on any atom is 0.308 e. The molecule has 0 unspecified atom stereocenters. The smallest absolute Gasteiger partial charge is 0.308 e. The summed E-state index contributed by atoms with van der Waals surface area (Å²) in [7, 11) is 5.13. The molecule has 52 heavy (non-hydrogen) atoms.